The van der Waals surface area contributed by atoms with E-state index >= 15 is 0 Å². The molecule has 110 valence electrons. The first-order valence-corrected chi connectivity index (χ1v) is 6.82. The van der Waals surface area contributed by atoms with Crippen LogP contribution in [0.5, 0.6) is 0 Å². The molecule has 2 aromatic rings. The van der Waals surface area contributed by atoms with Crippen LogP contribution >= 0.6 is 0 Å². The molecule has 0 aliphatic heterocycles. The Morgan fingerprint density at radius 3 is 2.33 bits per heavy atom. The highest BCUT2D eigenvalue weighted by Gasteiger charge is 2.16. The number of nitrogens with zero attached hydrogens (tertiary/aromatic N) is 3. The van der Waals surface area contributed by atoms with Crippen LogP contribution in [0.4, 0.5) is 5.69 Å². The van der Waals surface area contributed by atoms with Crippen molar-refractivity contribution >= 4 is 17.4 Å². The third kappa shape index (κ3) is 3.02. The van der Waals surface area contributed by atoms with Crippen LogP contribution in [0.25, 0.3) is 0 Å². The van der Waals surface area contributed by atoms with Crippen molar-refractivity contribution < 1.29 is 9.59 Å². The van der Waals surface area contributed by atoms with Crippen molar-refractivity contribution in [3.8, 4) is 0 Å². The quantitative estimate of drug-likeness (QED) is 0.812. The van der Waals surface area contributed by atoms with Gasteiger partial charge < -0.3 is 9.47 Å². The van der Waals surface area contributed by atoms with Gasteiger partial charge in [0.25, 0.3) is 0 Å². The number of amides is 1. The fourth-order valence-electron chi connectivity index (χ4n) is 2.06. The topological polar surface area (TPSA) is 55.2 Å². The number of anilines is 1. The predicted octanol–water partition coefficient (Wildman–Crippen LogP) is 2.68. The molecule has 0 aliphatic carbocycles. The molecule has 1 aromatic heterocycles. The van der Waals surface area contributed by atoms with Gasteiger partial charge in [-0.25, -0.2) is 4.98 Å². The maximum Gasteiger partial charge on any atom is 0.223 e. The summed E-state index contributed by atoms with van der Waals surface area (Å²) in [5.41, 5.74) is 1.91. The van der Waals surface area contributed by atoms with Crippen LogP contribution in [-0.4, -0.2) is 28.3 Å². The lowest BCUT2D eigenvalue weighted by Gasteiger charge is -2.15. The zero-order chi connectivity index (χ0) is 15.6. The first-order chi connectivity index (χ1) is 9.91. The Hall–Kier alpha value is -2.43. The Bertz CT molecular complexity index is 656. The normalized spacial score (nSPS) is 10.7. The average Bonchev–Trinajstić information content (AvgIpc) is 2.95. The minimum Gasteiger partial charge on any atom is -0.325 e. The molecule has 1 aromatic carbocycles. The van der Waals surface area contributed by atoms with Crippen molar-refractivity contribution in [3.63, 3.8) is 0 Å². The summed E-state index contributed by atoms with van der Waals surface area (Å²) in [6, 6.07) is 7.17. The number of hydrogen-bond acceptors (Lipinski definition) is 3. The van der Waals surface area contributed by atoms with Gasteiger partial charge in [0.1, 0.15) is 5.69 Å². The number of aromatic nitrogens is 2. The van der Waals surface area contributed by atoms with Gasteiger partial charge in [-0.05, 0) is 38.1 Å². The zero-order valence-corrected chi connectivity index (χ0v) is 12.7. The Kier molecular flexibility index (Phi) is 4.21. The SMILES string of the molecule is CC(=O)N(C)c1ccc(C(=O)c2cncn2C(C)C)cc1. The van der Waals surface area contributed by atoms with Crippen molar-refractivity contribution in [1.29, 1.82) is 0 Å². The highest BCUT2D eigenvalue weighted by atomic mass is 16.2. The van der Waals surface area contributed by atoms with Crippen molar-refractivity contribution in [2.24, 2.45) is 0 Å². The molecular formula is C16H19N3O2. The molecule has 0 unspecified atom stereocenters. The molecule has 0 aliphatic rings. The van der Waals surface area contributed by atoms with E-state index in [-0.39, 0.29) is 17.7 Å². The fraction of sp³-hybridized carbons (Fsp3) is 0.312. The first-order valence-electron chi connectivity index (χ1n) is 6.82. The first kappa shape index (κ1) is 15.0. The van der Waals surface area contributed by atoms with E-state index in [9.17, 15) is 9.59 Å². The van der Waals surface area contributed by atoms with Gasteiger partial charge >= 0.3 is 0 Å². The predicted molar refractivity (Wildman–Crippen MR) is 81.6 cm³/mol. The largest absolute Gasteiger partial charge is 0.325 e. The Labute approximate surface area is 124 Å². The van der Waals surface area contributed by atoms with Crippen LogP contribution in [-0.2, 0) is 4.79 Å². The Balaban J connectivity index is 2.28. The third-order valence-electron chi connectivity index (χ3n) is 3.44. The van der Waals surface area contributed by atoms with Gasteiger partial charge in [-0.1, -0.05) is 0 Å². The molecule has 0 spiro atoms. The number of imidazole rings is 1. The second-order valence-electron chi connectivity index (χ2n) is 5.23. The van der Waals surface area contributed by atoms with E-state index in [1.807, 2.05) is 18.4 Å². The summed E-state index contributed by atoms with van der Waals surface area (Å²) in [5, 5.41) is 0. The number of ketones is 1. The maximum atomic E-state index is 12.5. The van der Waals surface area contributed by atoms with E-state index in [1.165, 1.54) is 11.8 Å². The van der Waals surface area contributed by atoms with Crippen LogP contribution in [0.2, 0.25) is 0 Å². The lowest BCUT2D eigenvalue weighted by Crippen LogP contribution is -2.22. The molecule has 1 amide bonds. The standard InChI is InChI=1S/C16H19N3O2/c1-11(2)19-10-17-9-15(19)16(21)13-5-7-14(8-6-13)18(4)12(3)20/h5-11H,1-4H3. The molecule has 0 saturated heterocycles. The fourth-order valence-corrected chi connectivity index (χ4v) is 2.06. The van der Waals surface area contributed by atoms with E-state index in [4.69, 9.17) is 0 Å². The molecule has 0 fully saturated rings. The van der Waals surface area contributed by atoms with E-state index in [0.29, 0.717) is 11.3 Å². The molecule has 1 heterocycles. The number of carbonyl (C=O) groups is 2. The van der Waals surface area contributed by atoms with Gasteiger partial charge in [-0.15, -0.1) is 0 Å². The number of hydrogen-bond donors (Lipinski definition) is 0. The van der Waals surface area contributed by atoms with E-state index in [0.717, 1.165) is 5.69 Å². The second-order valence-corrected chi connectivity index (χ2v) is 5.23. The lowest BCUT2D eigenvalue weighted by molar-refractivity contribution is -0.116. The lowest BCUT2D eigenvalue weighted by atomic mass is 10.1. The van der Waals surface area contributed by atoms with E-state index in [1.54, 1.807) is 43.8 Å². The number of rotatable bonds is 4. The van der Waals surface area contributed by atoms with Gasteiger partial charge in [-0.2, -0.15) is 0 Å². The molecule has 0 saturated carbocycles. The zero-order valence-electron chi connectivity index (χ0n) is 12.7. The summed E-state index contributed by atoms with van der Waals surface area (Å²) in [6.07, 6.45) is 3.24. The average molecular weight is 285 g/mol. The maximum absolute atomic E-state index is 12.5. The molecule has 0 N–H and O–H groups in total. The summed E-state index contributed by atoms with van der Waals surface area (Å²) in [6.45, 7) is 5.51. The van der Waals surface area contributed by atoms with Gasteiger partial charge in [0, 0.05) is 31.3 Å². The summed E-state index contributed by atoms with van der Waals surface area (Å²) >= 11 is 0. The van der Waals surface area contributed by atoms with Crippen LogP contribution in [0.1, 0.15) is 42.9 Å². The highest BCUT2D eigenvalue weighted by Crippen LogP contribution is 2.18. The summed E-state index contributed by atoms with van der Waals surface area (Å²) < 4.78 is 1.85. The number of carbonyl (C=O) groups excluding carboxylic acids is 2. The van der Waals surface area contributed by atoms with Crippen molar-refractivity contribution in [2.75, 3.05) is 11.9 Å². The van der Waals surface area contributed by atoms with Crippen LogP contribution < -0.4 is 4.90 Å². The molecule has 0 bridgehead atoms. The molecule has 2 rings (SSSR count). The second kappa shape index (κ2) is 5.91. The molecule has 5 nitrogen and oxygen atoms in total. The van der Waals surface area contributed by atoms with Gasteiger partial charge in [0.2, 0.25) is 11.7 Å². The van der Waals surface area contributed by atoms with E-state index in [2.05, 4.69) is 4.98 Å². The van der Waals surface area contributed by atoms with Crippen LogP contribution in [0.15, 0.2) is 36.8 Å². The molecular weight excluding hydrogens is 266 g/mol. The summed E-state index contributed by atoms with van der Waals surface area (Å²) in [5.74, 6) is -0.120. The van der Waals surface area contributed by atoms with Gasteiger partial charge in [-0.3, -0.25) is 9.59 Å². The highest BCUT2D eigenvalue weighted by molar-refractivity contribution is 6.08. The molecule has 0 atom stereocenters. The summed E-state index contributed by atoms with van der Waals surface area (Å²) in [7, 11) is 1.70. The van der Waals surface area contributed by atoms with Gasteiger partial charge in [0.05, 0.1) is 12.5 Å². The van der Waals surface area contributed by atoms with Crippen molar-refractivity contribution in [1.82, 2.24) is 9.55 Å². The Morgan fingerprint density at radius 1 is 1.19 bits per heavy atom. The van der Waals surface area contributed by atoms with Crippen LogP contribution in [0, 0.1) is 0 Å². The third-order valence-corrected chi connectivity index (χ3v) is 3.44. The van der Waals surface area contributed by atoms with Crippen molar-refractivity contribution in [2.45, 2.75) is 26.8 Å². The number of benzene rings is 1. The molecule has 21 heavy (non-hydrogen) atoms. The van der Waals surface area contributed by atoms with Crippen molar-refractivity contribution in [3.05, 3.63) is 48.0 Å². The minimum absolute atomic E-state index is 0.0491. The van der Waals surface area contributed by atoms with E-state index < -0.39 is 0 Å². The smallest absolute Gasteiger partial charge is 0.223 e. The monoisotopic (exact) mass is 285 g/mol. The molecule has 5 heteroatoms. The minimum atomic E-state index is -0.0711. The van der Waals surface area contributed by atoms with Crippen LogP contribution in [0.3, 0.4) is 0 Å². The molecule has 0 radical (unpaired) electrons. The van der Waals surface area contributed by atoms with Gasteiger partial charge in [0.15, 0.2) is 0 Å². The Morgan fingerprint density at radius 2 is 1.81 bits per heavy atom. The summed E-state index contributed by atoms with van der Waals surface area (Å²) in [4.78, 5) is 29.4.